The van der Waals surface area contributed by atoms with E-state index in [0.29, 0.717) is 36.4 Å². The number of carbonyl (C=O) groups excluding carboxylic acids is 1. The fourth-order valence-electron chi connectivity index (χ4n) is 2.93. The van der Waals surface area contributed by atoms with E-state index in [4.69, 9.17) is 9.47 Å². The van der Waals surface area contributed by atoms with E-state index in [2.05, 4.69) is 15.5 Å². The van der Waals surface area contributed by atoms with Crippen molar-refractivity contribution in [2.45, 2.75) is 32.5 Å². The van der Waals surface area contributed by atoms with Gasteiger partial charge in [0.05, 0.1) is 24.7 Å². The second-order valence-electron chi connectivity index (χ2n) is 6.27. The van der Waals surface area contributed by atoms with Crippen molar-refractivity contribution in [2.75, 3.05) is 24.3 Å². The molecule has 0 spiro atoms. The zero-order chi connectivity index (χ0) is 21.3. The predicted molar refractivity (Wildman–Crippen MR) is 119 cm³/mol. The molecule has 1 heterocycles. The average molecular weight is 427 g/mol. The van der Waals surface area contributed by atoms with Gasteiger partial charge in [0, 0.05) is 12.1 Å². The summed E-state index contributed by atoms with van der Waals surface area (Å²) in [6, 6.07) is 15.2. The Morgan fingerprint density at radius 2 is 1.73 bits per heavy atom. The minimum absolute atomic E-state index is 0.125. The van der Waals surface area contributed by atoms with Crippen molar-refractivity contribution in [3.8, 4) is 22.9 Å². The first-order chi connectivity index (χ1) is 14.7. The maximum absolute atomic E-state index is 12.5. The van der Waals surface area contributed by atoms with E-state index in [-0.39, 0.29) is 11.7 Å². The third-order valence-electron chi connectivity index (χ3n) is 4.25. The molecule has 2 aromatic carbocycles. The molecule has 0 saturated carbocycles. The minimum atomic E-state index is -0.125. The van der Waals surface area contributed by atoms with Crippen LogP contribution in [0.15, 0.2) is 53.7 Å². The van der Waals surface area contributed by atoms with Crippen LogP contribution in [0.5, 0.6) is 11.5 Å². The molecule has 1 N–H and O–H groups in total. The van der Waals surface area contributed by atoms with Crippen LogP contribution in [-0.4, -0.2) is 39.6 Å². The number of carbonyl (C=O) groups is 1. The van der Waals surface area contributed by atoms with E-state index < -0.39 is 0 Å². The van der Waals surface area contributed by atoms with Crippen LogP contribution in [0.4, 0.5) is 5.69 Å². The third kappa shape index (κ3) is 5.33. The lowest BCUT2D eigenvalue weighted by molar-refractivity contribution is -0.113. The van der Waals surface area contributed by atoms with Crippen molar-refractivity contribution in [3.05, 3.63) is 48.5 Å². The molecule has 1 amide bonds. The van der Waals surface area contributed by atoms with Gasteiger partial charge in [-0.05, 0) is 57.2 Å². The molecule has 0 atom stereocenters. The molecule has 7 nitrogen and oxygen atoms in total. The molecule has 0 aliphatic rings. The Hall–Kier alpha value is -3.00. The number of hydrogen-bond acceptors (Lipinski definition) is 6. The van der Waals surface area contributed by atoms with E-state index in [1.165, 1.54) is 11.8 Å². The first kappa shape index (κ1) is 21.7. The Morgan fingerprint density at radius 3 is 2.43 bits per heavy atom. The Bertz CT molecular complexity index is 973. The third-order valence-corrected chi connectivity index (χ3v) is 5.22. The summed E-state index contributed by atoms with van der Waals surface area (Å²) in [5.41, 5.74) is 1.62. The fraction of sp³-hybridized carbons (Fsp3) is 0.318. The SMILES string of the molecule is CCOc1ccc(-c2nnc(SCC(=O)Nc3ccccc3OCC)n2CC)cc1. The van der Waals surface area contributed by atoms with Gasteiger partial charge in [-0.15, -0.1) is 10.2 Å². The molecule has 30 heavy (non-hydrogen) atoms. The van der Waals surface area contributed by atoms with Crippen LogP contribution >= 0.6 is 11.8 Å². The van der Waals surface area contributed by atoms with Gasteiger partial charge in [0.15, 0.2) is 11.0 Å². The molecule has 8 heteroatoms. The summed E-state index contributed by atoms with van der Waals surface area (Å²) < 4.78 is 13.1. The van der Waals surface area contributed by atoms with Gasteiger partial charge in [-0.25, -0.2) is 0 Å². The maximum Gasteiger partial charge on any atom is 0.234 e. The molecule has 0 aliphatic carbocycles. The Labute approximate surface area is 180 Å². The first-order valence-corrected chi connectivity index (χ1v) is 11.0. The summed E-state index contributed by atoms with van der Waals surface area (Å²) >= 11 is 1.36. The topological polar surface area (TPSA) is 78.3 Å². The van der Waals surface area contributed by atoms with Crippen LogP contribution in [0.2, 0.25) is 0 Å². The van der Waals surface area contributed by atoms with Crippen molar-refractivity contribution in [3.63, 3.8) is 0 Å². The molecule has 3 aromatic rings. The molecule has 3 rings (SSSR count). The lowest BCUT2D eigenvalue weighted by Gasteiger charge is -2.11. The highest BCUT2D eigenvalue weighted by Gasteiger charge is 2.15. The van der Waals surface area contributed by atoms with Crippen LogP contribution in [0.25, 0.3) is 11.4 Å². The smallest absolute Gasteiger partial charge is 0.234 e. The molecule has 1 aromatic heterocycles. The number of amides is 1. The zero-order valence-corrected chi connectivity index (χ0v) is 18.2. The largest absolute Gasteiger partial charge is 0.494 e. The van der Waals surface area contributed by atoms with Crippen LogP contribution in [0, 0.1) is 0 Å². The first-order valence-electron chi connectivity index (χ1n) is 9.97. The lowest BCUT2D eigenvalue weighted by atomic mass is 10.2. The van der Waals surface area contributed by atoms with Gasteiger partial charge in [0.2, 0.25) is 5.91 Å². The average Bonchev–Trinajstić information content (AvgIpc) is 3.17. The summed E-state index contributed by atoms with van der Waals surface area (Å²) in [4.78, 5) is 12.5. The van der Waals surface area contributed by atoms with Crippen LogP contribution in [0.3, 0.4) is 0 Å². The van der Waals surface area contributed by atoms with Crippen molar-refractivity contribution in [1.29, 1.82) is 0 Å². The number of anilines is 1. The quantitative estimate of drug-likeness (QED) is 0.481. The van der Waals surface area contributed by atoms with Crippen molar-refractivity contribution in [1.82, 2.24) is 14.8 Å². The standard InChI is InChI=1S/C22H26N4O3S/c1-4-26-21(16-11-13-17(14-12-16)28-5-2)24-25-22(26)30-15-20(27)23-18-9-7-8-10-19(18)29-6-3/h7-14H,4-6,15H2,1-3H3,(H,23,27). The van der Waals surface area contributed by atoms with Gasteiger partial charge < -0.3 is 19.4 Å². The second-order valence-corrected chi connectivity index (χ2v) is 7.22. The lowest BCUT2D eigenvalue weighted by Crippen LogP contribution is -2.15. The van der Waals surface area contributed by atoms with Gasteiger partial charge in [0.25, 0.3) is 0 Å². The number of thioether (sulfide) groups is 1. The molecular weight excluding hydrogens is 400 g/mol. The van der Waals surface area contributed by atoms with Gasteiger partial charge in [-0.1, -0.05) is 23.9 Å². The minimum Gasteiger partial charge on any atom is -0.494 e. The maximum atomic E-state index is 12.5. The van der Waals surface area contributed by atoms with Crippen LogP contribution < -0.4 is 14.8 Å². The Kier molecular flexibility index (Phi) is 7.73. The predicted octanol–water partition coefficient (Wildman–Crippen LogP) is 4.49. The van der Waals surface area contributed by atoms with E-state index >= 15 is 0 Å². The van der Waals surface area contributed by atoms with Crippen molar-refractivity contribution >= 4 is 23.4 Å². The Morgan fingerprint density at radius 1 is 1.00 bits per heavy atom. The molecular formula is C22H26N4O3S. The van der Waals surface area contributed by atoms with Crippen LogP contribution in [-0.2, 0) is 11.3 Å². The normalized spacial score (nSPS) is 10.6. The molecule has 0 saturated heterocycles. The number of hydrogen-bond donors (Lipinski definition) is 1. The van der Waals surface area contributed by atoms with Gasteiger partial charge in [-0.2, -0.15) is 0 Å². The van der Waals surface area contributed by atoms with Gasteiger partial charge >= 0.3 is 0 Å². The fourth-order valence-corrected chi connectivity index (χ4v) is 3.73. The van der Waals surface area contributed by atoms with Gasteiger partial charge in [-0.3, -0.25) is 4.79 Å². The van der Waals surface area contributed by atoms with E-state index in [1.54, 1.807) is 0 Å². The Balaban J connectivity index is 1.67. The number of para-hydroxylation sites is 2. The summed E-state index contributed by atoms with van der Waals surface area (Å²) in [7, 11) is 0. The highest BCUT2D eigenvalue weighted by Crippen LogP contribution is 2.27. The van der Waals surface area contributed by atoms with E-state index in [0.717, 1.165) is 17.1 Å². The summed E-state index contributed by atoms with van der Waals surface area (Å²) in [5, 5.41) is 12.2. The molecule has 0 unspecified atom stereocenters. The summed E-state index contributed by atoms with van der Waals surface area (Å²) in [6.07, 6.45) is 0. The highest BCUT2D eigenvalue weighted by molar-refractivity contribution is 7.99. The number of benzene rings is 2. The van der Waals surface area contributed by atoms with Crippen molar-refractivity contribution < 1.29 is 14.3 Å². The number of rotatable bonds is 10. The molecule has 0 bridgehead atoms. The van der Waals surface area contributed by atoms with Crippen LogP contribution in [0.1, 0.15) is 20.8 Å². The molecule has 0 aliphatic heterocycles. The number of nitrogens with zero attached hydrogens (tertiary/aromatic N) is 3. The molecule has 0 radical (unpaired) electrons. The molecule has 0 fully saturated rings. The summed E-state index contributed by atoms with van der Waals surface area (Å²) in [6.45, 7) is 7.76. The zero-order valence-electron chi connectivity index (χ0n) is 17.4. The number of ether oxygens (including phenoxy) is 2. The molecule has 158 valence electrons. The van der Waals surface area contributed by atoms with E-state index in [9.17, 15) is 4.79 Å². The highest BCUT2D eigenvalue weighted by atomic mass is 32.2. The number of aromatic nitrogens is 3. The van der Waals surface area contributed by atoms with Gasteiger partial charge in [0.1, 0.15) is 11.5 Å². The van der Waals surface area contributed by atoms with Crippen molar-refractivity contribution in [2.24, 2.45) is 0 Å². The monoisotopic (exact) mass is 426 g/mol. The summed E-state index contributed by atoms with van der Waals surface area (Å²) in [5.74, 6) is 2.35. The second kappa shape index (κ2) is 10.7. The number of nitrogens with one attached hydrogen (secondary N) is 1. The van der Waals surface area contributed by atoms with E-state index in [1.807, 2.05) is 73.9 Å².